The van der Waals surface area contributed by atoms with Gasteiger partial charge >= 0.3 is 0 Å². The van der Waals surface area contributed by atoms with E-state index in [1.165, 1.54) is 0 Å². The van der Waals surface area contributed by atoms with Gasteiger partial charge < -0.3 is 10.7 Å². The third-order valence-electron chi connectivity index (χ3n) is 3.04. The normalized spacial score (nSPS) is 10.3. The van der Waals surface area contributed by atoms with Crippen LogP contribution in [-0.2, 0) is 0 Å². The highest BCUT2D eigenvalue weighted by Gasteiger charge is 2.12. The van der Waals surface area contributed by atoms with E-state index in [0.29, 0.717) is 17.1 Å². The lowest BCUT2D eigenvalue weighted by molar-refractivity contribution is 0.102. The highest BCUT2D eigenvalue weighted by molar-refractivity contribution is 6.07. The summed E-state index contributed by atoms with van der Waals surface area (Å²) < 4.78 is 0. The van der Waals surface area contributed by atoms with Gasteiger partial charge in [-0.25, -0.2) is 10.8 Å². The minimum absolute atomic E-state index is 0.298. The maximum Gasteiger partial charge on any atom is 0.259 e. The molecular formula is C15H13N5O. The number of anilines is 2. The number of para-hydroxylation sites is 1. The van der Waals surface area contributed by atoms with Crippen molar-refractivity contribution in [2.75, 3.05) is 10.7 Å². The number of fused-ring (bicyclic) bond motifs is 1. The number of hydrazine groups is 1. The lowest BCUT2D eigenvalue weighted by Gasteiger charge is -2.09. The molecule has 0 bridgehead atoms. The minimum atomic E-state index is -0.298. The Labute approximate surface area is 121 Å². The lowest BCUT2D eigenvalue weighted by atomic mass is 10.2. The number of carbonyl (C=O) groups excluding carboxylic acids is 1. The van der Waals surface area contributed by atoms with Crippen LogP contribution in [0, 0.1) is 0 Å². The summed E-state index contributed by atoms with van der Waals surface area (Å²) in [4.78, 5) is 20.6. The molecule has 0 spiro atoms. The molecule has 0 aliphatic rings. The quantitative estimate of drug-likeness (QED) is 0.504. The third-order valence-corrected chi connectivity index (χ3v) is 3.04. The van der Waals surface area contributed by atoms with Crippen LogP contribution in [0.25, 0.3) is 10.9 Å². The molecule has 2 heterocycles. The van der Waals surface area contributed by atoms with Crippen molar-refractivity contribution in [1.29, 1.82) is 0 Å². The van der Waals surface area contributed by atoms with Crippen molar-refractivity contribution in [2.24, 2.45) is 5.84 Å². The van der Waals surface area contributed by atoms with Crippen LogP contribution in [0.1, 0.15) is 10.4 Å². The van der Waals surface area contributed by atoms with Crippen LogP contribution in [0.15, 0.2) is 54.9 Å². The number of aromatic nitrogens is 2. The molecule has 0 unspecified atom stereocenters. The number of hydrogen-bond acceptors (Lipinski definition) is 5. The van der Waals surface area contributed by atoms with Crippen LogP contribution < -0.4 is 16.6 Å². The number of pyridine rings is 2. The number of nitrogens with two attached hydrogens (primary N) is 1. The van der Waals surface area contributed by atoms with E-state index >= 15 is 0 Å². The van der Waals surface area contributed by atoms with Gasteiger partial charge in [0.2, 0.25) is 0 Å². The zero-order valence-electron chi connectivity index (χ0n) is 11.1. The lowest BCUT2D eigenvalue weighted by Crippen LogP contribution is -2.18. The number of hydrogen-bond donors (Lipinski definition) is 3. The molecule has 0 saturated carbocycles. The second-order valence-corrected chi connectivity index (χ2v) is 4.41. The molecule has 2 aromatic heterocycles. The van der Waals surface area contributed by atoms with Crippen molar-refractivity contribution in [3.8, 4) is 0 Å². The average molecular weight is 279 g/mol. The summed E-state index contributed by atoms with van der Waals surface area (Å²) in [7, 11) is 0. The zero-order valence-corrected chi connectivity index (χ0v) is 11.1. The van der Waals surface area contributed by atoms with Gasteiger partial charge in [0.15, 0.2) is 5.82 Å². The van der Waals surface area contributed by atoms with E-state index < -0.39 is 0 Å². The smallest absolute Gasteiger partial charge is 0.259 e. The standard InChI is InChI=1S/C15H13N5O/c16-20-14-12(5-3-7-17-14)15(21)19-11-8-10-4-1-2-6-13(10)18-9-11/h1-9H,16H2,(H,17,20)(H,19,21). The molecule has 0 fully saturated rings. The molecule has 0 saturated heterocycles. The Kier molecular flexibility index (Phi) is 3.44. The molecule has 1 amide bonds. The number of nitrogens with zero attached hydrogens (tertiary/aromatic N) is 2. The molecule has 6 nitrogen and oxygen atoms in total. The van der Waals surface area contributed by atoms with E-state index in [0.717, 1.165) is 10.9 Å². The predicted molar refractivity (Wildman–Crippen MR) is 81.7 cm³/mol. The van der Waals surface area contributed by atoms with Crippen molar-refractivity contribution < 1.29 is 4.79 Å². The van der Waals surface area contributed by atoms with E-state index in [1.807, 2.05) is 30.3 Å². The molecule has 3 aromatic rings. The molecule has 6 heteroatoms. The first-order valence-corrected chi connectivity index (χ1v) is 6.36. The van der Waals surface area contributed by atoms with Gasteiger partial charge in [-0.05, 0) is 24.3 Å². The fraction of sp³-hybridized carbons (Fsp3) is 0. The fourth-order valence-corrected chi connectivity index (χ4v) is 2.04. The molecule has 1 aromatic carbocycles. The molecule has 0 aliphatic carbocycles. The monoisotopic (exact) mass is 279 g/mol. The van der Waals surface area contributed by atoms with Gasteiger partial charge in [0.05, 0.1) is 23.0 Å². The van der Waals surface area contributed by atoms with Gasteiger partial charge in [-0.2, -0.15) is 0 Å². The minimum Gasteiger partial charge on any atom is -0.320 e. The van der Waals surface area contributed by atoms with Crippen LogP contribution >= 0.6 is 0 Å². The Morgan fingerprint density at radius 2 is 1.95 bits per heavy atom. The maximum atomic E-state index is 12.3. The van der Waals surface area contributed by atoms with Crippen molar-refractivity contribution in [3.05, 3.63) is 60.4 Å². The first-order chi connectivity index (χ1) is 10.3. The Balaban J connectivity index is 1.89. The Morgan fingerprint density at radius 3 is 2.81 bits per heavy atom. The highest BCUT2D eigenvalue weighted by Crippen LogP contribution is 2.18. The summed E-state index contributed by atoms with van der Waals surface area (Å²) in [5, 5.41) is 3.75. The van der Waals surface area contributed by atoms with Gasteiger partial charge in [0.25, 0.3) is 5.91 Å². The SMILES string of the molecule is NNc1ncccc1C(=O)Nc1cnc2ccccc2c1. The van der Waals surface area contributed by atoms with E-state index in [-0.39, 0.29) is 5.91 Å². The van der Waals surface area contributed by atoms with Crippen molar-refractivity contribution in [1.82, 2.24) is 9.97 Å². The van der Waals surface area contributed by atoms with E-state index in [2.05, 4.69) is 20.7 Å². The van der Waals surface area contributed by atoms with Crippen LogP contribution in [0.2, 0.25) is 0 Å². The van der Waals surface area contributed by atoms with Crippen molar-refractivity contribution in [2.45, 2.75) is 0 Å². The molecule has 0 atom stereocenters. The molecule has 0 radical (unpaired) electrons. The van der Waals surface area contributed by atoms with Gasteiger partial charge in [0, 0.05) is 11.6 Å². The van der Waals surface area contributed by atoms with Gasteiger partial charge in [-0.3, -0.25) is 9.78 Å². The summed E-state index contributed by atoms with van der Waals surface area (Å²) in [6, 6.07) is 12.9. The Hall–Kier alpha value is -2.99. The summed E-state index contributed by atoms with van der Waals surface area (Å²) in [5.41, 5.74) is 4.27. The highest BCUT2D eigenvalue weighted by atomic mass is 16.1. The van der Waals surface area contributed by atoms with Crippen LogP contribution in [0.3, 0.4) is 0 Å². The van der Waals surface area contributed by atoms with Crippen LogP contribution in [-0.4, -0.2) is 15.9 Å². The summed E-state index contributed by atoms with van der Waals surface area (Å²) in [6.07, 6.45) is 3.18. The van der Waals surface area contributed by atoms with Gasteiger partial charge in [0.1, 0.15) is 0 Å². The number of nitrogen functional groups attached to an aromatic ring is 1. The summed E-state index contributed by atoms with van der Waals surface area (Å²) in [5.74, 6) is 5.38. The number of benzene rings is 1. The average Bonchev–Trinajstić information content (AvgIpc) is 2.54. The molecule has 3 rings (SSSR count). The van der Waals surface area contributed by atoms with E-state index in [1.54, 1.807) is 24.5 Å². The largest absolute Gasteiger partial charge is 0.320 e. The number of nitrogens with one attached hydrogen (secondary N) is 2. The van der Waals surface area contributed by atoms with Gasteiger partial charge in [-0.15, -0.1) is 0 Å². The van der Waals surface area contributed by atoms with E-state index in [4.69, 9.17) is 5.84 Å². The second kappa shape index (κ2) is 5.56. The van der Waals surface area contributed by atoms with Crippen molar-refractivity contribution >= 4 is 28.3 Å². The van der Waals surface area contributed by atoms with E-state index in [9.17, 15) is 4.79 Å². The zero-order chi connectivity index (χ0) is 14.7. The molecular weight excluding hydrogens is 266 g/mol. The molecule has 104 valence electrons. The molecule has 4 N–H and O–H groups in total. The Bertz CT molecular complexity index is 803. The number of rotatable bonds is 3. The Morgan fingerprint density at radius 1 is 1.10 bits per heavy atom. The summed E-state index contributed by atoms with van der Waals surface area (Å²) in [6.45, 7) is 0. The third kappa shape index (κ3) is 2.65. The maximum absolute atomic E-state index is 12.3. The number of carbonyl (C=O) groups is 1. The molecule has 0 aliphatic heterocycles. The first-order valence-electron chi connectivity index (χ1n) is 6.36. The van der Waals surface area contributed by atoms with Crippen molar-refractivity contribution in [3.63, 3.8) is 0 Å². The van der Waals surface area contributed by atoms with Crippen LogP contribution in [0.5, 0.6) is 0 Å². The summed E-state index contributed by atoms with van der Waals surface area (Å²) >= 11 is 0. The van der Waals surface area contributed by atoms with Gasteiger partial charge in [-0.1, -0.05) is 18.2 Å². The topological polar surface area (TPSA) is 92.9 Å². The predicted octanol–water partition coefficient (Wildman–Crippen LogP) is 2.17. The van der Waals surface area contributed by atoms with Crippen LogP contribution in [0.4, 0.5) is 11.5 Å². The first kappa shape index (κ1) is 13.0. The molecule has 21 heavy (non-hydrogen) atoms. The fourth-order valence-electron chi connectivity index (χ4n) is 2.04. The second-order valence-electron chi connectivity index (χ2n) is 4.41. The number of amides is 1.